The standard InChI is InChI=1S/C10H18N2OS/c1-3-5-8-9(6-11)14-10(12-8)7-13-4-2/h3-7,11H2,1-2H3. The molecule has 3 nitrogen and oxygen atoms in total. The molecule has 0 saturated heterocycles. The van der Waals surface area contributed by atoms with Crippen LogP contribution in [0.25, 0.3) is 0 Å². The van der Waals surface area contributed by atoms with E-state index >= 15 is 0 Å². The Balaban J connectivity index is 2.67. The van der Waals surface area contributed by atoms with Crippen LogP contribution in [-0.4, -0.2) is 11.6 Å². The fraction of sp³-hybridized carbons (Fsp3) is 0.700. The van der Waals surface area contributed by atoms with E-state index in [-0.39, 0.29) is 0 Å². The number of ether oxygens (including phenoxy) is 1. The molecular weight excluding hydrogens is 196 g/mol. The van der Waals surface area contributed by atoms with Gasteiger partial charge in [0.2, 0.25) is 0 Å². The summed E-state index contributed by atoms with van der Waals surface area (Å²) >= 11 is 1.68. The maximum atomic E-state index is 5.65. The van der Waals surface area contributed by atoms with Gasteiger partial charge in [-0.1, -0.05) is 13.3 Å². The highest BCUT2D eigenvalue weighted by Gasteiger charge is 2.08. The first-order valence-electron chi connectivity index (χ1n) is 5.07. The third-order valence-electron chi connectivity index (χ3n) is 1.92. The summed E-state index contributed by atoms with van der Waals surface area (Å²) in [6.07, 6.45) is 2.14. The summed E-state index contributed by atoms with van der Waals surface area (Å²) in [4.78, 5) is 5.73. The molecule has 0 radical (unpaired) electrons. The molecule has 0 amide bonds. The van der Waals surface area contributed by atoms with Crippen LogP contribution in [0.3, 0.4) is 0 Å². The van der Waals surface area contributed by atoms with E-state index < -0.39 is 0 Å². The second-order valence-corrected chi connectivity index (χ2v) is 4.24. The molecule has 1 rings (SSSR count). The predicted octanol–water partition coefficient (Wildman–Crippen LogP) is 2.09. The van der Waals surface area contributed by atoms with Gasteiger partial charge in [-0.05, 0) is 13.3 Å². The van der Waals surface area contributed by atoms with Gasteiger partial charge in [0.1, 0.15) is 5.01 Å². The molecule has 0 fully saturated rings. The molecule has 0 aliphatic heterocycles. The van der Waals surface area contributed by atoms with Gasteiger partial charge in [-0.2, -0.15) is 0 Å². The van der Waals surface area contributed by atoms with Crippen molar-refractivity contribution in [3.8, 4) is 0 Å². The molecule has 0 bridgehead atoms. The van der Waals surface area contributed by atoms with Crippen molar-refractivity contribution in [2.75, 3.05) is 6.61 Å². The van der Waals surface area contributed by atoms with Gasteiger partial charge in [0.15, 0.2) is 0 Å². The van der Waals surface area contributed by atoms with E-state index in [9.17, 15) is 0 Å². The second-order valence-electron chi connectivity index (χ2n) is 3.07. The molecule has 14 heavy (non-hydrogen) atoms. The summed E-state index contributed by atoms with van der Waals surface area (Å²) < 4.78 is 5.32. The number of aryl methyl sites for hydroxylation is 1. The maximum absolute atomic E-state index is 5.65. The van der Waals surface area contributed by atoms with Gasteiger partial charge >= 0.3 is 0 Å². The Bertz CT molecular complexity index is 273. The van der Waals surface area contributed by atoms with E-state index in [1.807, 2.05) is 6.92 Å². The van der Waals surface area contributed by atoms with Crippen LogP contribution in [0.1, 0.15) is 35.8 Å². The van der Waals surface area contributed by atoms with Crippen molar-refractivity contribution in [2.24, 2.45) is 5.73 Å². The smallest absolute Gasteiger partial charge is 0.119 e. The zero-order valence-corrected chi connectivity index (χ0v) is 9.69. The highest BCUT2D eigenvalue weighted by Crippen LogP contribution is 2.20. The minimum atomic E-state index is 0.596. The Morgan fingerprint density at radius 2 is 2.21 bits per heavy atom. The third-order valence-corrected chi connectivity index (χ3v) is 3.02. The Kier molecular flexibility index (Phi) is 5.07. The normalized spacial score (nSPS) is 10.8. The van der Waals surface area contributed by atoms with Crippen molar-refractivity contribution >= 4 is 11.3 Å². The molecule has 1 aromatic rings. The van der Waals surface area contributed by atoms with Crippen LogP contribution >= 0.6 is 11.3 Å². The lowest BCUT2D eigenvalue weighted by atomic mass is 10.2. The first kappa shape index (κ1) is 11.6. The lowest BCUT2D eigenvalue weighted by Crippen LogP contribution is -1.98. The van der Waals surface area contributed by atoms with E-state index in [0.29, 0.717) is 13.2 Å². The number of rotatable bonds is 6. The van der Waals surface area contributed by atoms with E-state index in [4.69, 9.17) is 10.5 Å². The highest BCUT2D eigenvalue weighted by molar-refractivity contribution is 7.11. The number of aromatic nitrogens is 1. The molecule has 4 heteroatoms. The van der Waals surface area contributed by atoms with Crippen molar-refractivity contribution in [3.05, 3.63) is 15.6 Å². The van der Waals surface area contributed by atoms with E-state index in [0.717, 1.165) is 30.2 Å². The van der Waals surface area contributed by atoms with Crippen molar-refractivity contribution in [1.82, 2.24) is 4.98 Å². The van der Waals surface area contributed by atoms with Crippen molar-refractivity contribution < 1.29 is 4.74 Å². The fourth-order valence-electron chi connectivity index (χ4n) is 1.28. The molecule has 0 saturated carbocycles. The number of thiazole rings is 1. The van der Waals surface area contributed by atoms with Gasteiger partial charge in [-0.25, -0.2) is 4.98 Å². The summed E-state index contributed by atoms with van der Waals surface area (Å²) in [6.45, 7) is 6.10. The van der Waals surface area contributed by atoms with Crippen molar-refractivity contribution in [1.29, 1.82) is 0 Å². The molecule has 0 aromatic carbocycles. The molecule has 0 aliphatic carbocycles. The summed E-state index contributed by atoms with van der Waals surface area (Å²) in [5.41, 5.74) is 6.81. The lowest BCUT2D eigenvalue weighted by molar-refractivity contribution is 0.134. The van der Waals surface area contributed by atoms with Crippen molar-refractivity contribution in [2.45, 2.75) is 39.8 Å². The minimum absolute atomic E-state index is 0.596. The maximum Gasteiger partial charge on any atom is 0.119 e. The van der Waals surface area contributed by atoms with Gasteiger partial charge in [0.25, 0.3) is 0 Å². The van der Waals surface area contributed by atoms with E-state index in [2.05, 4.69) is 11.9 Å². The molecule has 80 valence electrons. The van der Waals surface area contributed by atoms with Gasteiger partial charge in [0, 0.05) is 18.0 Å². The molecular formula is C10H18N2OS. The van der Waals surface area contributed by atoms with Crippen molar-refractivity contribution in [3.63, 3.8) is 0 Å². The first-order valence-corrected chi connectivity index (χ1v) is 5.88. The quantitative estimate of drug-likeness (QED) is 0.788. The average Bonchev–Trinajstić information content (AvgIpc) is 2.58. The molecule has 0 spiro atoms. The third kappa shape index (κ3) is 3.04. The fourth-order valence-corrected chi connectivity index (χ4v) is 2.21. The number of hydrogen-bond acceptors (Lipinski definition) is 4. The monoisotopic (exact) mass is 214 g/mol. The number of nitrogens with zero attached hydrogens (tertiary/aromatic N) is 1. The number of hydrogen-bond donors (Lipinski definition) is 1. The lowest BCUT2D eigenvalue weighted by Gasteiger charge is -1.95. The van der Waals surface area contributed by atoms with Gasteiger partial charge < -0.3 is 10.5 Å². The zero-order valence-electron chi connectivity index (χ0n) is 8.88. The Hall–Kier alpha value is -0.450. The van der Waals surface area contributed by atoms with Crippen LogP contribution in [0, 0.1) is 0 Å². The summed E-state index contributed by atoms with van der Waals surface area (Å²) in [5, 5.41) is 1.05. The Labute approximate surface area is 89.3 Å². The second kappa shape index (κ2) is 6.11. The van der Waals surface area contributed by atoms with Crippen LogP contribution in [0.15, 0.2) is 0 Å². The molecule has 2 N–H and O–H groups in total. The summed E-state index contributed by atoms with van der Waals surface area (Å²) in [6, 6.07) is 0. The average molecular weight is 214 g/mol. The van der Waals surface area contributed by atoms with Gasteiger partial charge in [0.05, 0.1) is 12.3 Å². The van der Waals surface area contributed by atoms with E-state index in [1.54, 1.807) is 11.3 Å². The van der Waals surface area contributed by atoms with Crippen LogP contribution in [0.5, 0.6) is 0 Å². The Morgan fingerprint density at radius 1 is 1.43 bits per heavy atom. The molecule has 0 unspecified atom stereocenters. The molecule has 0 atom stereocenters. The summed E-state index contributed by atoms with van der Waals surface area (Å²) in [5.74, 6) is 0. The first-order chi connectivity index (χ1) is 6.81. The topological polar surface area (TPSA) is 48.1 Å². The zero-order chi connectivity index (χ0) is 10.4. The summed E-state index contributed by atoms with van der Waals surface area (Å²) in [7, 11) is 0. The highest BCUT2D eigenvalue weighted by atomic mass is 32.1. The van der Waals surface area contributed by atoms with Gasteiger partial charge in [-0.15, -0.1) is 11.3 Å². The van der Waals surface area contributed by atoms with Gasteiger partial charge in [-0.3, -0.25) is 0 Å². The molecule has 1 aromatic heterocycles. The molecule has 1 heterocycles. The molecule has 0 aliphatic rings. The largest absolute Gasteiger partial charge is 0.375 e. The SMILES string of the molecule is CCCc1nc(COCC)sc1CN. The van der Waals surface area contributed by atoms with Crippen LogP contribution in [0.4, 0.5) is 0 Å². The van der Waals surface area contributed by atoms with Crippen LogP contribution in [-0.2, 0) is 24.3 Å². The van der Waals surface area contributed by atoms with E-state index in [1.165, 1.54) is 4.88 Å². The van der Waals surface area contributed by atoms with Crippen LogP contribution in [0.2, 0.25) is 0 Å². The minimum Gasteiger partial charge on any atom is -0.375 e. The van der Waals surface area contributed by atoms with Crippen LogP contribution < -0.4 is 5.73 Å². The Morgan fingerprint density at radius 3 is 2.79 bits per heavy atom. The predicted molar refractivity (Wildman–Crippen MR) is 59.3 cm³/mol. The number of nitrogens with two attached hydrogens (primary N) is 1.